The van der Waals surface area contributed by atoms with Gasteiger partial charge in [-0.15, -0.1) is 0 Å². The molecule has 0 radical (unpaired) electrons. The van der Waals surface area contributed by atoms with Gasteiger partial charge in [0, 0.05) is 44.4 Å². The Hall–Kier alpha value is -3.08. The molecule has 1 aliphatic carbocycles. The lowest BCUT2D eigenvalue weighted by atomic mass is 9.97. The molecule has 3 aromatic rings. The van der Waals surface area contributed by atoms with Crippen molar-refractivity contribution in [2.24, 2.45) is 0 Å². The number of pyridine rings is 1. The maximum atomic E-state index is 13.1. The third-order valence-corrected chi connectivity index (χ3v) is 8.12. The van der Waals surface area contributed by atoms with Crippen molar-refractivity contribution < 1.29 is 17.9 Å². The van der Waals surface area contributed by atoms with E-state index in [-0.39, 0.29) is 16.8 Å². The highest BCUT2D eigenvalue weighted by molar-refractivity contribution is 7.92. The monoisotopic (exact) mass is 509 g/mol. The van der Waals surface area contributed by atoms with Crippen molar-refractivity contribution in [3.05, 3.63) is 71.3 Å². The fourth-order valence-corrected chi connectivity index (χ4v) is 5.44. The first-order valence-corrected chi connectivity index (χ1v) is 13.7. The molecule has 1 fully saturated rings. The molecule has 10 heteroatoms. The van der Waals surface area contributed by atoms with Crippen LogP contribution in [0.15, 0.2) is 53.8 Å². The number of methoxy groups -OCH3 is 1. The van der Waals surface area contributed by atoms with Gasteiger partial charge in [0.05, 0.1) is 29.6 Å². The molecule has 0 saturated heterocycles. The number of hydrogen-bond donors (Lipinski definition) is 1. The van der Waals surface area contributed by atoms with E-state index in [1.54, 1.807) is 25.4 Å². The zero-order chi connectivity index (χ0) is 25.1. The van der Waals surface area contributed by atoms with Crippen molar-refractivity contribution in [1.29, 1.82) is 0 Å². The molecular weight excluding hydrogens is 478 g/mol. The summed E-state index contributed by atoms with van der Waals surface area (Å²) in [6.07, 6.45) is 8.09. The molecule has 1 aromatic carbocycles. The highest BCUT2D eigenvalue weighted by Gasteiger charge is 2.26. The summed E-state index contributed by atoms with van der Waals surface area (Å²) >= 11 is 0. The van der Waals surface area contributed by atoms with Crippen molar-refractivity contribution in [2.75, 3.05) is 31.6 Å². The molecule has 5 rings (SSSR count). The van der Waals surface area contributed by atoms with Gasteiger partial charge in [-0.25, -0.2) is 18.4 Å². The van der Waals surface area contributed by atoms with Crippen molar-refractivity contribution in [1.82, 2.24) is 19.9 Å². The number of hydrogen-bond acceptors (Lipinski definition) is 8. The molecule has 0 amide bonds. The van der Waals surface area contributed by atoms with Crippen LogP contribution in [0.2, 0.25) is 0 Å². The lowest BCUT2D eigenvalue weighted by Gasteiger charge is -2.34. The molecule has 2 aromatic heterocycles. The van der Waals surface area contributed by atoms with Gasteiger partial charge in [-0.1, -0.05) is 12.1 Å². The second-order valence-corrected chi connectivity index (χ2v) is 11.0. The minimum absolute atomic E-state index is 0.123. The Morgan fingerprint density at radius 1 is 1.06 bits per heavy atom. The zero-order valence-electron chi connectivity index (χ0n) is 20.6. The Kier molecular flexibility index (Phi) is 7.17. The highest BCUT2D eigenvalue weighted by Crippen LogP contribution is 2.38. The second-order valence-electron chi connectivity index (χ2n) is 9.30. The van der Waals surface area contributed by atoms with E-state index < -0.39 is 10.0 Å². The van der Waals surface area contributed by atoms with E-state index in [4.69, 9.17) is 9.47 Å². The van der Waals surface area contributed by atoms with E-state index in [9.17, 15) is 8.42 Å². The smallest absolute Gasteiger partial charge is 0.263 e. The first-order chi connectivity index (χ1) is 17.4. The Morgan fingerprint density at radius 3 is 2.61 bits per heavy atom. The molecule has 1 N–H and O–H groups in total. The van der Waals surface area contributed by atoms with Crippen LogP contribution in [0.4, 0.5) is 5.82 Å². The van der Waals surface area contributed by atoms with Gasteiger partial charge in [0.1, 0.15) is 6.61 Å². The fraction of sp³-hybridized carbons (Fsp3) is 0.423. The molecule has 3 heterocycles. The van der Waals surface area contributed by atoms with Gasteiger partial charge in [-0.2, -0.15) is 0 Å². The minimum Gasteiger partial charge on any atom is -0.475 e. The SMILES string of the molecule is COCCOc1ccc([C@@H](C)N2CCc3ccc(S(=O)(=O)Nc4cnc(C5CC5)cn4)cc3C2)cn1. The first kappa shape index (κ1) is 24.6. The summed E-state index contributed by atoms with van der Waals surface area (Å²) in [7, 11) is -2.14. The summed E-state index contributed by atoms with van der Waals surface area (Å²) < 4.78 is 39.2. The van der Waals surface area contributed by atoms with E-state index in [1.165, 1.54) is 11.8 Å². The summed E-state index contributed by atoms with van der Waals surface area (Å²) in [6, 6.07) is 9.37. The molecule has 0 spiro atoms. The number of nitrogens with one attached hydrogen (secondary N) is 1. The third-order valence-electron chi connectivity index (χ3n) is 6.76. The van der Waals surface area contributed by atoms with Gasteiger partial charge >= 0.3 is 0 Å². The lowest BCUT2D eigenvalue weighted by molar-refractivity contribution is 0.143. The number of aromatic nitrogens is 3. The van der Waals surface area contributed by atoms with Crippen LogP contribution < -0.4 is 9.46 Å². The van der Waals surface area contributed by atoms with Crippen LogP contribution in [0.5, 0.6) is 5.88 Å². The summed E-state index contributed by atoms with van der Waals surface area (Å²) in [6.45, 7) is 4.65. The molecular formula is C26H31N5O4S. The molecule has 1 saturated carbocycles. The van der Waals surface area contributed by atoms with Gasteiger partial charge in [-0.05, 0) is 55.0 Å². The average molecular weight is 510 g/mol. The average Bonchev–Trinajstić information content (AvgIpc) is 3.74. The molecule has 9 nitrogen and oxygen atoms in total. The molecule has 2 aliphatic rings. The van der Waals surface area contributed by atoms with Crippen molar-refractivity contribution in [3.63, 3.8) is 0 Å². The molecule has 36 heavy (non-hydrogen) atoms. The van der Waals surface area contributed by atoms with Crippen molar-refractivity contribution >= 4 is 15.8 Å². The number of nitrogens with zero attached hydrogens (tertiary/aromatic N) is 4. The lowest BCUT2D eigenvalue weighted by Crippen LogP contribution is -2.33. The normalized spacial score (nSPS) is 16.8. The number of rotatable bonds is 10. The number of fused-ring (bicyclic) bond motifs is 1. The van der Waals surface area contributed by atoms with Gasteiger partial charge < -0.3 is 9.47 Å². The predicted molar refractivity (Wildman–Crippen MR) is 135 cm³/mol. The minimum atomic E-state index is -3.77. The maximum absolute atomic E-state index is 13.1. The van der Waals surface area contributed by atoms with Crippen LogP contribution in [0, 0.1) is 0 Å². The summed E-state index contributed by atoms with van der Waals surface area (Å²) in [5, 5.41) is 0. The van der Waals surface area contributed by atoms with Crippen LogP contribution in [0.3, 0.4) is 0 Å². The van der Waals surface area contributed by atoms with Gasteiger partial charge in [0.25, 0.3) is 10.0 Å². The molecule has 190 valence electrons. The Bertz CT molecular complexity index is 1290. The van der Waals surface area contributed by atoms with Crippen LogP contribution in [0.25, 0.3) is 0 Å². The number of benzene rings is 1. The van der Waals surface area contributed by atoms with E-state index in [0.717, 1.165) is 42.6 Å². The summed E-state index contributed by atoms with van der Waals surface area (Å²) in [4.78, 5) is 15.6. The quantitative estimate of drug-likeness (QED) is 0.413. The third kappa shape index (κ3) is 5.66. The van der Waals surface area contributed by atoms with Gasteiger partial charge in [0.15, 0.2) is 5.82 Å². The van der Waals surface area contributed by atoms with Crippen molar-refractivity contribution in [3.8, 4) is 5.88 Å². The number of ether oxygens (including phenoxy) is 2. The van der Waals surface area contributed by atoms with Crippen LogP contribution in [-0.4, -0.2) is 55.1 Å². The Balaban J connectivity index is 1.26. The topological polar surface area (TPSA) is 107 Å². The van der Waals surface area contributed by atoms with E-state index in [0.29, 0.717) is 31.6 Å². The van der Waals surface area contributed by atoms with Crippen LogP contribution in [-0.2, 0) is 27.7 Å². The molecule has 0 bridgehead atoms. The Labute approximate surface area is 212 Å². The fourth-order valence-electron chi connectivity index (χ4n) is 4.39. The van der Waals surface area contributed by atoms with Gasteiger partial charge in [0.2, 0.25) is 5.88 Å². The van der Waals surface area contributed by atoms with E-state index in [2.05, 4.69) is 31.5 Å². The summed E-state index contributed by atoms with van der Waals surface area (Å²) in [5.74, 6) is 1.27. The molecule has 0 unspecified atom stereocenters. The van der Waals surface area contributed by atoms with Crippen LogP contribution in [0.1, 0.15) is 54.1 Å². The number of sulfonamides is 1. The molecule has 1 aliphatic heterocycles. The second kappa shape index (κ2) is 10.5. The zero-order valence-corrected chi connectivity index (χ0v) is 21.4. The Morgan fingerprint density at radius 2 is 1.92 bits per heavy atom. The van der Waals surface area contributed by atoms with Crippen molar-refractivity contribution in [2.45, 2.75) is 49.6 Å². The maximum Gasteiger partial charge on any atom is 0.263 e. The van der Waals surface area contributed by atoms with E-state index >= 15 is 0 Å². The van der Waals surface area contributed by atoms with Gasteiger partial charge in [-0.3, -0.25) is 14.6 Å². The number of anilines is 1. The predicted octanol–water partition coefficient (Wildman–Crippen LogP) is 3.69. The molecule has 1 atom stereocenters. The first-order valence-electron chi connectivity index (χ1n) is 12.2. The van der Waals surface area contributed by atoms with Crippen LogP contribution >= 0.6 is 0 Å². The van der Waals surface area contributed by atoms with E-state index in [1.807, 2.05) is 24.4 Å². The summed E-state index contributed by atoms with van der Waals surface area (Å²) in [5.41, 5.74) is 4.19. The largest absolute Gasteiger partial charge is 0.475 e. The highest BCUT2D eigenvalue weighted by atomic mass is 32.2. The standard InChI is InChI=1S/C26H31N5O4S/c1-18(21-6-8-26(29-14-21)35-12-11-34-2)31-10-9-19-5-7-23(13-22(19)17-31)36(32,33)30-25-16-27-24(15-28-25)20-3-4-20/h5-8,13-16,18,20H,3-4,9-12,17H2,1-2H3,(H,28,30)/t18-/m1/s1.